The van der Waals surface area contributed by atoms with Gasteiger partial charge in [-0.1, -0.05) is 0 Å². The van der Waals surface area contributed by atoms with E-state index >= 15 is 0 Å². The van der Waals surface area contributed by atoms with Crippen molar-refractivity contribution in [3.8, 4) is 0 Å². The van der Waals surface area contributed by atoms with Crippen LogP contribution in [0.3, 0.4) is 0 Å². The van der Waals surface area contributed by atoms with E-state index in [0.717, 1.165) is 25.9 Å². The zero-order chi connectivity index (χ0) is 10.4. The third-order valence-corrected chi connectivity index (χ3v) is 2.63. The molecule has 1 unspecified atom stereocenters. The van der Waals surface area contributed by atoms with Gasteiger partial charge >= 0.3 is 0 Å². The predicted octanol–water partition coefficient (Wildman–Crippen LogP) is -0.0643. The average molecular weight is 199 g/mol. The van der Waals surface area contributed by atoms with Crippen LogP contribution < -0.4 is 11.1 Å². The van der Waals surface area contributed by atoms with Crippen molar-refractivity contribution in [2.45, 2.75) is 32.2 Å². The lowest BCUT2D eigenvalue weighted by Gasteiger charge is -2.29. The summed E-state index contributed by atoms with van der Waals surface area (Å²) in [5, 5.41) is 3.11. The molecule has 0 aromatic rings. The molecule has 1 heterocycles. The Morgan fingerprint density at radius 2 is 2.07 bits per heavy atom. The topological polar surface area (TPSA) is 58.4 Å². The van der Waals surface area contributed by atoms with Crippen LogP contribution in [0.4, 0.5) is 0 Å². The fourth-order valence-corrected chi connectivity index (χ4v) is 1.78. The van der Waals surface area contributed by atoms with Gasteiger partial charge < -0.3 is 16.0 Å². The molecule has 0 saturated carbocycles. The normalized spacial score (nSPS) is 19.4. The summed E-state index contributed by atoms with van der Waals surface area (Å²) in [6, 6.07) is -0.0864. The van der Waals surface area contributed by atoms with Gasteiger partial charge in [0.05, 0.1) is 6.04 Å². The molecule has 0 spiro atoms. The largest absolute Gasteiger partial charge is 0.341 e. The fraction of sp³-hybridized carbons (Fsp3) is 0.900. The Morgan fingerprint density at radius 3 is 2.64 bits per heavy atom. The Kier molecular flexibility index (Phi) is 4.90. The summed E-state index contributed by atoms with van der Waals surface area (Å²) in [6.45, 7) is 5.05. The third-order valence-electron chi connectivity index (χ3n) is 2.63. The number of nitrogens with one attached hydrogen (secondary N) is 1. The van der Waals surface area contributed by atoms with Crippen molar-refractivity contribution in [1.82, 2.24) is 10.2 Å². The number of hydrogen-bond acceptors (Lipinski definition) is 3. The van der Waals surface area contributed by atoms with Crippen LogP contribution in [0.1, 0.15) is 26.2 Å². The first-order valence-electron chi connectivity index (χ1n) is 5.48. The highest BCUT2D eigenvalue weighted by Crippen LogP contribution is 2.09. The zero-order valence-corrected chi connectivity index (χ0v) is 8.96. The molecule has 1 rings (SSSR count). The van der Waals surface area contributed by atoms with Crippen LogP contribution in [0.5, 0.6) is 0 Å². The molecule has 1 amide bonds. The summed E-state index contributed by atoms with van der Waals surface area (Å²) >= 11 is 0. The van der Waals surface area contributed by atoms with Crippen LogP contribution in [-0.2, 0) is 4.79 Å². The SMILES string of the molecule is CC(NCCN)C(=O)N1CCCCC1. The number of carbonyl (C=O) groups excluding carboxylic acids is 1. The Hall–Kier alpha value is -0.610. The van der Waals surface area contributed by atoms with Crippen molar-refractivity contribution in [2.75, 3.05) is 26.2 Å². The highest BCUT2D eigenvalue weighted by molar-refractivity contribution is 5.81. The lowest BCUT2D eigenvalue weighted by molar-refractivity contribution is -0.133. The molecule has 0 radical (unpaired) electrons. The maximum absolute atomic E-state index is 11.8. The summed E-state index contributed by atoms with van der Waals surface area (Å²) < 4.78 is 0. The van der Waals surface area contributed by atoms with Gasteiger partial charge in [0, 0.05) is 26.2 Å². The molecule has 1 atom stereocenters. The number of amides is 1. The van der Waals surface area contributed by atoms with Crippen molar-refractivity contribution in [3.05, 3.63) is 0 Å². The molecular weight excluding hydrogens is 178 g/mol. The van der Waals surface area contributed by atoms with Crippen LogP contribution >= 0.6 is 0 Å². The molecule has 14 heavy (non-hydrogen) atoms. The fourth-order valence-electron chi connectivity index (χ4n) is 1.78. The molecule has 3 N–H and O–H groups in total. The molecule has 4 nitrogen and oxygen atoms in total. The van der Waals surface area contributed by atoms with Crippen LogP contribution in [0.15, 0.2) is 0 Å². The van der Waals surface area contributed by atoms with Crippen molar-refractivity contribution < 1.29 is 4.79 Å². The summed E-state index contributed by atoms with van der Waals surface area (Å²) in [6.07, 6.45) is 3.55. The molecule has 4 heteroatoms. The second kappa shape index (κ2) is 5.98. The van der Waals surface area contributed by atoms with E-state index in [9.17, 15) is 4.79 Å². The second-order valence-corrected chi connectivity index (χ2v) is 3.85. The molecule has 1 aliphatic heterocycles. The predicted molar refractivity (Wildman–Crippen MR) is 57.0 cm³/mol. The van der Waals surface area contributed by atoms with Gasteiger partial charge in [-0.25, -0.2) is 0 Å². The molecule has 0 aromatic heterocycles. The quantitative estimate of drug-likeness (QED) is 0.666. The minimum atomic E-state index is -0.0864. The van der Waals surface area contributed by atoms with Gasteiger partial charge in [0.25, 0.3) is 0 Å². The summed E-state index contributed by atoms with van der Waals surface area (Å²) in [5.74, 6) is 0.221. The van der Waals surface area contributed by atoms with E-state index in [-0.39, 0.29) is 11.9 Å². The van der Waals surface area contributed by atoms with E-state index < -0.39 is 0 Å². The summed E-state index contributed by atoms with van der Waals surface area (Å²) in [4.78, 5) is 13.8. The highest BCUT2D eigenvalue weighted by atomic mass is 16.2. The lowest BCUT2D eigenvalue weighted by Crippen LogP contribution is -2.47. The van der Waals surface area contributed by atoms with Gasteiger partial charge in [0.2, 0.25) is 5.91 Å². The number of hydrogen-bond donors (Lipinski definition) is 2. The van der Waals surface area contributed by atoms with Gasteiger partial charge in [0.15, 0.2) is 0 Å². The minimum Gasteiger partial charge on any atom is -0.341 e. The van der Waals surface area contributed by atoms with Gasteiger partial charge in [-0.3, -0.25) is 4.79 Å². The number of likely N-dealkylation sites (tertiary alicyclic amines) is 1. The Labute approximate surface area is 85.8 Å². The highest BCUT2D eigenvalue weighted by Gasteiger charge is 2.20. The lowest BCUT2D eigenvalue weighted by atomic mass is 10.1. The molecule has 0 aromatic carbocycles. The number of rotatable bonds is 4. The first kappa shape index (κ1) is 11.5. The van der Waals surface area contributed by atoms with Crippen LogP contribution in [-0.4, -0.2) is 43.0 Å². The maximum atomic E-state index is 11.8. The van der Waals surface area contributed by atoms with Crippen LogP contribution in [0.2, 0.25) is 0 Å². The Morgan fingerprint density at radius 1 is 1.43 bits per heavy atom. The summed E-state index contributed by atoms with van der Waals surface area (Å²) in [5.41, 5.74) is 5.37. The number of nitrogens with two attached hydrogens (primary N) is 1. The van der Waals surface area contributed by atoms with Crippen molar-refractivity contribution >= 4 is 5.91 Å². The first-order chi connectivity index (χ1) is 6.75. The molecule has 1 saturated heterocycles. The molecule has 1 aliphatic rings. The molecule has 1 fully saturated rings. The van der Waals surface area contributed by atoms with Crippen LogP contribution in [0, 0.1) is 0 Å². The first-order valence-corrected chi connectivity index (χ1v) is 5.48. The molecular formula is C10H21N3O. The number of nitrogens with zero attached hydrogens (tertiary/aromatic N) is 1. The van der Waals surface area contributed by atoms with E-state index in [1.54, 1.807) is 0 Å². The van der Waals surface area contributed by atoms with Gasteiger partial charge in [0.1, 0.15) is 0 Å². The van der Waals surface area contributed by atoms with Gasteiger partial charge in [-0.05, 0) is 26.2 Å². The Balaban J connectivity index is 2.30. The number of piperidine rings is 1. The molecule has 82 valence electrons. The van der Waals surface area contributed by atoms with Crippen molar-refractivity contribution in [1.29, 1.82) is 0 Å². The molecule has 0 aliphatic carbocycles. The maximum Gasteiger partial charge on any atom is 0.239 e. The average Bonchev–Trinajstić information content (AvgIpc) is 2.26. The third kappa shape index (κ3) is 3.27. The van der Waals surface area contributed by atoms with Crippen LogP contribution in [0.25, 0.3) is 0 Å². The standard InChI is InChI=1S/C10H21N3O/c1-9(12-6-5-11)10(14)13-7-3-2-4-8-13/h9,12H,2-8,11H2,1H3. The zero-order valence-electron chi connectivity index (χ0n) is 8.96. The number of carbonyl (C=O) groups is 1. The van der Waals surface area contributed by atoms with Gasteiger partial charge in [-0.15, -0.1) is 0 Å². The smallest absolute Gasteiger partial charge is 0.239 e. The van der Waals surface area contributed by atoms with Gasteiger partial charge in [-0.2, -0.15) is 0 Å². The van der Waals surface area contributed by atoms with E-state index in [1.165, 1.54) is 6.42 Å². The second-order valence-electron chi connectivity index (χ2n) is 3.85. The Bertz CT molecular complexity index is 178. The van der Waals surface area contributed by atoms with Crippen molar-refractivity contribution in [2.24, 2.45) is 5.73 Å². The van der Waals surface area contributed by atoms with E-state index in [4.69, 9.17) is 5.73 Å². The van der Waals surface area contributed by atoms with Crippen molar-refractivity contribution in [3.63, 3.8) is 0 Å². The van der Waals surface area contributed by atoms with E-state index in [1.807, 2.05) is 11.8 Å². The van der Waals surface area contributed by atoms with E-state index in [0.29, 0.717) is 13.1 Å². The van der Waals surface area contributed by atoms with E-state index in [2.05, 4.69) is 5.32 Å². The summed E-state index contributed by atoms with van der Waals surface area (Å²) in [7, 11) is 0. The minimum absolute atomic E-state index is 0.0864. The monoisotopic (exact) mass is 199 g/mol. The molecule has 0 bridgehead atoms.